The molecule has 0 heterocycles. The largest absolute Gasteiger partial charge is 0.351 e. The van der Waals surface area contributed by atoms with Crippen LogP contribution in [0.1, 0.15) is 16.7 Å². The van der Waals surface area contributed by atoms with Gasteiger partial charge in [0.25, 0.3) is 0 Å². The van der Waals surface area contributed by atoms with E-state index < -0.39 is 10.0 Å². The van der Waals surface area contributed by atoms with Crippen molar-refractivity contribution in [3.63, 3.8) is 0 Å². The molecule has 6 nitrogen and oxygen atoms in total. The Morgan fingerprint density at radius 3 is 2.52 bits per heavy atom. The molecule has 0 bridgehead atoms. The van der Waals surface area contributed by atoms with Crippen molar-refractivity contribution in [3.8, 4) is 6.07 Å². The van der Waals surface area contributed by atoms with Gasteiger partial charge < -0.3 is 5.32 Å². The number of nitrogens with one attached hydrogen (secondary N) is 1. The number of sulfonamides is 1. The number of thioether (sulfide) groups is 1. The fourth-order valence-corrected chi connectivity index (χ4v) is 3.42. The van der Waals surface area contributed by atoms with Crippen molar-refractivity contribution < 1.29 is 13.2 Å². The summed E-state index contributed by atoms with van der Waals surface area (Å²) in [6.07, 6.45) is 0. The molecule has 8 heteroatoms. The van der Waals surface area contributed by atoms with Gasteiger partial charge in [0.05, 0.1) is 22.3 Å². The standard InChI is InChI=1S/C17H17N3O3S2/c18-9-13-4-6-14(7-5-13)11-24-12-17(21)20-10-15-2-1-3-16(8-15)25(19,22)23/h1-8H,10-12H2,(H,20,21)(H2,19,22,23). The van der Waals surface area contributed by atoms with Crippen molar-refractivity contribution in [2.75, 3.05) is 5.75 Å². The minimum absolute atomic E-state index is 0.0226. The van der Waals surface area contributed by atoms with Gasteiger partial charge in [0, 0.05) is 12.3 Å². The summed E-state index contributed by atoms with van der Waals surface area (Å²) in [6, 6.07) is 15.4. The lowest BCUT2D eigenvalue weighted by Crippen LogP contribution is -2.24. The van der Waals surface area contributed by atoms with Crippen LogP contribution in [0.25, 0.3) is 0 Å². The Hall–Kier alpha value is -2.34. The Morgan fingerprint density at radius 2 is 1.88 bits per heavy atom. The number of hydrogen-bond acceptors (Lipinski definition) is 5. The second kappa shape index (κ2) is 8.67. The Morgan fingerprint density at radius 1 is 1.16 bits per heavy atom. The van der Waals surface area contributed by atoms with Crippen LogP contribution in [0.5, 0.6) is 0 Å². The third kappa shape index (κ3) is 6.23. The van der Waals surface area contributed by atoms with E-state index in [1.54, 1.807) is 24.3 Å². The van der Waals surface area contributed by atoms with Gasteiger partial charge in [-0.2, -0.15) is 5.26 Å². The fourth-order valence-electron chi connectivity index (χ4n) is 2.02. The van der Waals surface area contributed by atoms with Gasteiger partial charge >= 0.3 is 0 Å². The van der Waals surface area contributed by atoms with E-state index in [2.05, 4.69) is 11.4 Å². The normalized spacial score (nSPS) is 10.9. The average Bonchev–Trinajstić information content (AvgIpc) is 2.60. The maximum Gasteiger partial charge on any atom is 0.238 e. The monoisotopic (exact) mass is 375 g/mol. The molecule has 0 spiro atoms. The third-order valence-corrected chi connectivity index (χ3v) is 5.22. The maximum atomic E-state index is 11.9. The number of amides is 1. The number of carbonyl (C=O) groups excluding carboxylic acids is 1. The smallest absolute Gasteiger partial charge is 0.238 e. The Labute approximate surface area is 151 Å². The maximum absolute atomic E-state index is 11.9. The quantitative estimate of drug-likeness (QED) is 0.765. The zero-order chi connectivity index (χ0) is 18.3. The Bertz CT molecular complexity index is 888. The molecule has 0 aliphatic rings. The molecule has 0 saturated carbocycles. The van der Waals surface area contributed by atoms with Crippen molar-refractivity contribution in [2.24, 2.45) is 5.14 Å². The molecule has 0 unspecified atom stereocenters. The van der Waals surface area contributed by atoms with Crippen LogP contribution in [-0.2, 0) is 27.1 Å². The molecule has 1 amide bonds. The van der Waals surface area contributed by atoms with E-state index in [0.29, 0.717) is 16.9 Å². The number of nitrogens with zero attached hydrogens (tertiary/aromatic N) is 1. The number of nitrogens with two attached hydrogens (primary N) is 1. The molecule has 0 radical (unpaired) electrons. The van der Waals surface area contributed by atoms with Gasteiger partial charge in [-0.05, 0) is 35.4 Å². The fraction of sp³-hybridized carbons (Fsp3) is 0.176. The minimum atomic E-state index is -3.75. The van der Waals surface area contributed by atoms with Crippen LogP contribution >= 0.6 is 11.8 Å². The number of carbonyl (C=O) groups is 1. The van der Waals surface area contributed by atoms with Crippen LogP contribution in [0, 0.1) is 11.3 Å². The van der Waals surface area contributed by atoms with Gasteiger partial charge in [0.1, 0.15) is 0 Å². The second-order valence-corrected chi connectivity index (χ2v) is 7.82. The van der Waals surface area contributed by atoms with E-state index in [4.69, 9.17) is 10.4 Å². The lowest BCUT2D eigenvalue weighted by Gasteiger charge is -2.07. The van der Waals surface area contributed by atoms with Gasteiger partial charge in [-0.15, -0.1) is 11.8 Å². The summed E-state index contributed by atoms with van der Waals surface area (Å²) >= 11 is 1.46. The summed E-state index contributed by atoms with van der Waals surface area (Å²) in [5, 5.41) is 16.6. The number of nitriles is 1. The zero-order valence-electron chi connectivity index (χ0n) is 13.3. The van der Waals surface area contributed by atoms with Crippen LogP contribution in [0.2, 0.25) is 0 Å². The van der Waals surface area contributed by atoms with Crippen molar-refractivity contribution >= 4 is 27.7 Å². The lowest BCUT2D eigenvalue weighted by molar-refractivity contribution is -0.118. The van der Waals surface area contributed by atoms with Gasteiger partial charge in [-0.3, -0.25) is 4.79 Å². The summed E-state index contributed by atoms with van der Waals surface area (Å²) in [7, 11) is -3.75. The molecule has 0 fully saturated rings. The van der Waals surface area contributed by atoms with Crippen LogP contribution in [0.15, 0.2) is 53.4 Å². The van der Waals surface area contributed by atoms with E-state index >= 15 is 0 Å². The van der Waals surface area contributed by atoms with Crippen LogP contribution in [0.4, 0.5) is 0 Å². The molecule has 3 N–H and O–H groups in total. The highest BCUT2D eigenvalue weighted by molar-refractivity contribution is 7.99. The molecule has 2 aromatic carbocycles. The number of hydrogen-bond donors (Lipinski definition) is 2. The first-order chi connectivity index (χ1) is 11.9. The van der Waals surface area contributed by atoms with E-state index in [1.807, 2.05) is 12.1 Å². The highest BCUT2D eigenvalue weighted by Crippen LogP contribution is 2.13. The molecule has 0 aromatic heterocycles. The molecule has 2 rings (SSSR count). The van der Waals surface area contributed by atoms with E-state index in [1.165, 1.54) is 23.9 Å². The minimum Gasteiger partial charge on any atom is -0.351 e. The summed E-state index contributed by atoms with van der Waals surface area (Å²) in [6.45, 7) is 0.236. The highest BCUT2D eigenvalue weighted by Gasteiger charge is 2.08. The molecule has 0 aliphatic carbocycles. The zero-order valence-corrected chi connectivity index (χ0v) is 14.9. The van der Waals surface area contributed by atoms with Crippen molar-refractivity contribution in [2.45, 2.75) is 17.2 Å². The van der Waals surface area contributed by atoms with Crippen molar-refractivity contribution in [1.29, 1.82) is 5.26 Å². The molecule has 0 aliphatic heterocycles. The number of benzene rings is 2. The second-order valence-electron chi connectivity index (χ2n) is 5.27. The van der Waals surface area contributed by atoms with Gasteiger partial charge in [0.15, 0.2) is 0 Å². The van der Waals surface area contributed by atoms with Gasteiger partial charge in [0.2, 0.25) is 15.9 Å². The molecular weight excluding hydrogens is 358 g/mol. The molecule has 2 aromatic rings. The molecule has 25 heavy (non-hydrogen) atoms. The first kappa shape index (κ1) is 19.0. The highest BCUT2D eigenvalue weighted by atomic mass is 32.2. The first-order valence-electron chi connectivity index (χ1n) is 7.34. The topological polar surface area (TPSA) is 113 Å². The SMILES string of the molecule is N#Cc1ccc(CSCC(=O)NCc2cccc(S(N)(=O)=O)c2)cc1. The number of primary sulfonamides is 1. The Balaban J connectivity index is 1.78. The third-order valence-electron chi connectivity index (χ3n) is 3.30. The summed E-state index contributed by atoms with van der Waals surface area (Å²) in [4.78, 5) is 11.9. The summed E-state index contributed by atoms with van der Waals surface area (Å²) in [5.74, 6) is 0.814. The van der Waals surface area contributed by atoms with E-state index in [-0.39, 0.29) is 23.1 Å². The Kier molecular flexibility index (Phi) is 6.58. The number of rotatable bonds is 7. The van der Waals surface area contributed by atoms with Crippen LogP contribution < -0.4 is 10.5 Å². The molecule has 0 saturated heterocycles. The van der Waals surface area contributed by atoms with Crippen LogP contribution in [0.3, 0.4) is 0 Å². The van der Waals surface area contributed by atoms with E-state index in [0.717, 1.165) is 5.56 Å². The average molecular weight is 375 g/mol. The van der Waals surface area contributed by atoms with E-state index in [9.17, 15) is 13.2 Å². The molecular formula is C17H17N3O3S2. The van der Waals surface area contributed by atoms with Gasteiger partial charge in [-0.1, -0.05) is 24.3 Å². The summed E-state index contributed by atoms with van der Waals surface area (Å²) < 4.78 is 22.6. The van der Waals surface area contributed by atoms with Gasteiger partial charge in [-0.25, -0.2) is 13.6 Å². The van der Waals surface area contributed by atoms with Crippen molar-refractivity contribution in [3.05, 3.63) is 65.2 Å². The predicted octanol–water partition coefficient (Wildman–Crippen LogP) is 1.76. The first-order valence-corrected chi connectivity index (χ1v) is 10.0. The lowest BCUT2D eigenvalue weighted by atomic mass is 10.2. The predicted molar refractivity (Wildman–Crippen MR) is 97.0 cm³/mol. The molecule has 0 atom stereocenters. The van der Waals surface area contributed by atoms with Crippen LogP contribution in [-0.4, -0.2) is 20.1 Å². The van der Waals surface area contributed by atoms with Crippen molar-refractivity contribution in [1.82, 2.24) is 5.32 Å². The molecule has 130 valence electrons. The summed E-state index contributed by atoms with van der Waals surface area (Å²) in [5.41, 5.74) is 2.31.